The maximum Gasteiger partial charge on any atom is 0.239 e. The highest BCUT2D eigenvalue weighted by Gasteiger charge is 2.35. The highest BCUT2D eigenvalue weighted by Crippen LogP contribution is 2.31. The Morgan fingerprint density at radius 1 is 1.11 bits per heavy atom. The molecule has 3 rings (SSSR count). The molecule has 3 nitrogen and oxygen atoms in total. The van der Waals surface area contributed by atoms with Crippen LogP contribution in [0.15, 0.2) is 0 Å². The molecule has 2 aliphatic carbocycles. The van der Waals surface area contributed by atoms with Gasteiger partial charge in [0.2, 0.25) is 5.91 Å². The zero-order valence-corrected chi connectivity index (χ0v) is 12.2. The van der Waals surface area contributed by atoms with Gasteiger partial charge in [0.25, 0.3) is 0 Å². The highest BCUT2D eigenvalue weighted by molar-refractivity contribution is 5.84. The topological polar surface area (TPSA) is 32.3 Å². The number of carbonyl (C=O) groups is 1. The fraction of sp³-hybridized carbons (Fsp3) is 0.938. The van der Waals surface area contributed by atoms with Gasteiger partial charge in [-0.1, -0.05) is 32.6 Å². The van der Waals surface area contributed by atoms with E-state index in [0.717, 1.165) is 31.3 Å². The van der Waals surface area contributed by atoms with Crippen LogP contribution in [0, 0.1) is 11.8 Å². The summed E-state index contributed by atoms with van der Waals surface area (Å²) >= 11 is 0. The predicted octanol–water partition coefficient (Wildman–Crippen LogP) is 2.56. The van der Waals surface area contributed by atoms with Crippen molar-refractivity contribution in [2.24, 2.45) is 11.8 Å². The van der Waals surface area contributed by atoms with Crippen molar-refractivity contribution >= 4 is 5.91 Å². The average molecular weight is 264 g/mol. The normalized spacial score (nSPS) is 35.9. The van der Waals surface area contributed by atoms with Crippen LogP contribution in [0.5, 0.6) is 0 Å². The van der Waals surface area contributed by atoms with Gasteiger partial charge < -0.3 is 10.2 Å². The van der Waals surface area contributed by atoms with Gasteiger partial charge in [-0.3, -0.25) is 4.79 Å². The molecule has 0 aromatic rings. The Morgan fingerprint density at radius 2 is 1.84 bits per heavy atom. The van der Waals surface area contributed by atoms with Gasteiger partial charge in [-0.05, 0) is 37.5 Å². The summed E-state index contributed by atoms with van der Waals surface area (Å²) in [6.07, 6.45) is 10.3. The summed E-state index contributed by atoms with van der Waals surface area (Å²) in [7, 11) is 0. The molecule has 19 heavy (non-hydrogen) atoms. The lowest BCUT2D eigenvalue weighted by Gasteiger charge is -2.27. The van der Waals surface area contributed by atoms with Gasteiger partial charge in [0, 0.05) is 19.1 Å². The maximum absolute atomic E-state index is 12.3. The minimum atomic E-state index is 0.138. The largest absolute Gasteiger partial charge is 0.341 e. The minimum Gasteiger partial charge on any atom is -0.341 e. The smallest absolute Gasteiger partial charge is 0.239 e. The SMILES string of the molecule is CC1CCC(CCN2CCC(NC3CC3)C2=O)CC1. The third kappa shape index (κ3) is 3.50. The third-order valence-electron chi connectivity index (χ3n) is 5.25. The van der Waals surface area contributed by atoms with Crippen LogP contribution < -0.4 is 5.32 Å². The molecule has 3 aliphatic rings. The van der Waals surface area contributed by atoms with Crippen molar-refractivity contribution in [2.45, 2.75) is 70.4 Å². The van der Waals surface area contributed by atoms with E-state index < -0.39 is 0 Å². The molecule has 0 aromatic carbocycles. The molecule has 0 spiro atoms. The molecule has 1 unspecified atom stereocenters. The van der Waals surface area contributed by atoms with E-state index in [1.54, 1.807) is 0 Å². The van der Waals surface area contributed by atoms with E-state index in [-0.39, 0.29) is 6.04 Å². The van der Waals surface area contributed by atoms with Crippen LogP contribution in [-0.2, 0) is 4.79 Å². The Bertz CT molecular complexity index is 319. The number of amides is 1. The number of nitrogens with zero attached hydrogens (tertiary/aromatic N) is 1. The van der Waals surface area contributed by atoms with Gasteiger partial charge in [-0.15, -0.1) is 0 Å². The number of hydrogen-bond donors (Lipinski definition) is 1. The highest BCUT2D eigenvalue weighted by atomic mass is 16.2. The van der Waals surface area contributed by atoms with Gasteiger partial charge in [0.1, 0.15) is 0 Å². The van der Waals surface area contributed by atoms with E-state index in [4.69, 9.17) is 0 Å². The molecule has 3 fully saturated rings. The van der Waals surface area contributed by atoms with Crippen LogP contribution in [-0.4, -0.2) is 36.0 Å². The fourth-order valence-corrected chi connectivity index (χ4v) is 3.61. The van der Waals surface area contributed by atoms with Gasteiger partial charge in [-0.2, -0.15) is 0 Å². The summed E-state index contributed by atoms with van der Waals surface area (Å²) in [5, 5.41) is 3.49. The molecule has 1 aliphatic heterocycles. The molecule has 108 valence electrons. The Morgan fingerprint density at radius 3 is 2.53 bits per heavy atom. The van der Waals surface area contributed by atoms with Crippen molar-refractivity contribution in [3.05, 3.63) is 0 Å². The number of carbonyl (C=O) groups excluding carboxylic acids is 1. The lowest BCUT2D eigenvalue weighted by atomic mass is 9.81. The van der Waals surface area contributed by atoms with Gasteiger partial charge in [0.05, 0.1) is 6.04 Å². The standard InChI is InChI=1S/C16H28N2O/c1-12-2-4-13(5-3-12)8-10-18-11-9-15(16(18)19)17-14-6-7-14/h12-15,17H,2-11H2,1H3. The third-order valence-corrected chi connectivity index (χ3v) is 5.25. The predicted molar refractivity (Wildman–Crippen MR) is 76.9 cm³/mol. The molecule has 0 bridgehead atoms. The summed E-state index contributed by atoms with van der Waals surface area (Å²) in [4.78, 5) is 14.4. The lowest BCUT2D eigenvalue weighted by molar-refractivity contribution is -0.129. The second kappa shape index (κ2) is 5.82. The summed E-state index contributed by atoms with van der Waals surface area (Å²) in [5.41, 5.74) is 0. The Balaban J connectivity index is 1.39. The maximum atomic E-state index is 12.3. The zero-order valence-electron chi connectivity index (χ0n) is 12.2. The molecule has 2 saturated carbocycles. The first-order chi connectivity index (χ1) is 9.22. The fourth-order valence-electron chi connectivity index (χ4n) is 3.61. The molecule has 0 radical (unpaired) electrons. The first-order valence-electron chi connectivity index (χ1n) is 8.27. The summed E-state index contributed by atoms with van der Waals surface area (Å²) in [5.74, 6) is 2.17. The molecule has 1 saturated heterocycles. The van der Waals surface area contributed by atoms with Crippen molar-refractivity contribution in [2.75, 3.05) is 13.1 Å². The molecule has 3 heteroatoms. The van der Waals surface area contributed by atoms with Gasteiger partial charge in [0.15, 0.2) is 0 Å². The van der Waals surface area contributed by atoms with Gasteiger partial charge in [-0.25, -0.2) is 0 Å². The van der Waals surface area contributed by atoms with Crippen LogP contribution in [0.3, 0.4) is 0 Å². The van der Waals surface area contributed by atoms with Crippen molar-refractivity contribution in [1.29, 1.82) is 0 Å². The quantitative estimate of drug-likeness (QED) is 0.827. The molecule has 1 atom stereocenters. The molecule has 1 amide bonds. The van der Waals surface area contributed by atoms with Crippen molar-refractivity contribution in [3.8, 4) is 0 Å². The van der Waals surface area contributed by atoms with Crippen LogP contribution in [0.4, 0.5) is 0 Å². The number of rotatable bonds is 5. The van der Waals surface area contributed by atoms with Gasteiger partial charge >= 0.3 is 0 Å². The number of nitrogens with one attached hydrogen (secondary N) is 1. The number of hydrogen-bond acceptors (Lipinski definition) is 2. The first-order valence-corrected chi connectivity index (χ1v) is 8.27. The van der Waals surface area contributed by atoms with E-state index in [1.807, 2.05) is 0 Å². The minimum absolute atomic E-state index is 0.138. The first kappa shape index (κ1) is 13.4. The summed E-state index contributed by atoms with van der Waals surface area (Å²) < 4.78 is 0. The second-order valence-corrected chi connectivity index (χ2v) is 7.02. The Labute approximate surface area is 117 Å². The molecule has 1 N–H and O–H groups in total. The van der Waals surface area contributed by atoms with E-state index in [2.05, 4.69) is 17.1 Å². The van der Waals surface area contributed by atoms with Crippen LogP contribution in [0.2, 0.25) is 0 Å². The average Bonchev–Trinajstić information content (AvgIpc) is 3.16. The van der Waals surface area contributed by atoms with Crippen molar-refractivity contribution < 1.29 is 4.79 Å². The Kier molecular flexibility index (Phi) is 4.11. The van der Waals surface area contributed by atoms with Crippen LogP contribution >= 0.6 is 0 Å². The molecular weight excluding hydrogens is 236 g/mol. The van der Waals surface area contributed by atoms with E-state index >= 15 is 0 Å². The van der Waals surface area contributed by atoms with Crippen molar-refractivity contribution in [1.82, 2.24) is 10.2 Å². The van der Waals surface area contributed by atoms with E-state index in [9.17, 15) is 4.79 Å². The summed E-state index contributed by atoms with van der Waals surface area (Å²) in [6, 6.07) is 0.785. The van der Waals surface area contributed by atoms with E-state index in [0.29, 0.717) is 11.9 Å². The van der Waals surface area contributed by atoms with Crippen LogP contribution in [0.25, 0.3) is 0 Å². The number of likely N-dealkylation sites (tertiary alicyclic amines) is 1. The monoisotopic (exact) mass is 264 g/mol. The molecule has 1 heterocycles. The Hall–Kier alpha value is -0.570. The second-order valence-electron chi connectivity index (χ2n) is 7.02. The summed E-state index contributed by atoms with van der Waals surface area (Å²) in [6.45, 7) is 4.35. The van der Waals surface area contributed by atoms with Crippen molar-refractivity contribution in [3.63, 3.8) is 0 Å². The molecule has 0 aromatic heterocycles. The molecular formula is C16H28N2O. The lowest BCUT2D eigenvalue weighted by Crippen LogP contribution is -2.39. The van der Waals surface area contributed by atoms with Crippen LogP contribution in [0.1, 0.15) is 58.3 Å². The van der Waals surface area contributed by atoms with E-state index in [1.165, 1.54) is 44.9 Å². The zero-order chi connectivity index (χ0) is 13.2.